The first-order chi connectivity index (χ1) is 9.61. The second-order valence-corrected chi connectivity index (χ2v) is 4.19. The first-order valence-electron chi connectivity index (χ1n) is 5.99. The van der Waals surface area contributed by atoms with E-state index < -0.39 is 0 Å². The Morgan fingerprint density at radius 2 is 2.10 bits per heavy atom. The minimum Gasteiger partial charge on any atom is -0.457 e. The maximum absolute atomic E-state index is 11.3. The average Bonchev–Trinajstić information content (AvgIpc) is 2.48. The highest BCUT2D eigenvalue weighted by atomic mass is 16.5. The van der Waals surface area contributed by atoms with Crippen molar-refractivity contribution in [3.63, 3.8) is 0 Å². The molecule has 0 aliphatic carbocycles. The topological polar surface area (TPSA) is 56.3 Å². The lowest BCUT2D eigenvalue weighted by molar-refractivity contribution is 0.101. The fraction of sp³-hybridized carbons (Fsp3) is 0.0625. The molecule has 0 bridgehead atoms. The smallest absolute Gasteiger partial charge is 0.159 e. The van der Waals surface area contributed by atoms with Crippen LogP contribution in [0.4, 0.5) is 0 Å². The van der Waals surface area contributed by atoms with E-state index in [9.17, 15) is 9.59 Å². The first-order valence-corrected chi connectivity index (χ1v) is 5.99. The Bertz CT molecular complexity index is 663. The maximum Gasteiger partial charge on any atom is 0.159 e. The van der Waals surface area contributed by atoms with E-state index in [0.29, 0.717) is 28.9 Å². The summed E-state index contributed by atoms with van der Waals surface area (Å²) in [5, 5.41) is 0. The van der Waals surface area contributed by atoms with E-state index in [1.54, 1.807) is 36.7 Å². The van der Waals surface area contributed by atoms with Gasteiger partial charge in [-0.1, -0.05) is 6.58 Å². The Morgan fingerprint density at radius 1 is 1.30 bits per heavy atom. The molecule has 4 nitrogen and oxygen atoms in total. The van der Waals surface area contributed by atoms with Crippen LogP contribution in [-0.2, 0) is 0 Å². The number of hydrogen-bond donors (Lipinski definition) is 0. The molecule has 0 aliphatic rings. The lowest BCUT2D eigenvalue weighted by atomic mass is 10.1. The molecular formula is C16H13NO3. The molecule has 0 spiro atoms. The summed E-state index contributed by atoms with van der Waals surface area (Å²) in [6.45, 7) is 5.25. The number of carbonyl (C=O) groups excluding carboxylic acids is 2. The summed E-state index contributed by atoms with van der Waals surface area (Å²) in [6, 6.07) is 8.27. The van der Waals surface area contributed by atoms with Gasteiger partial charge in [0.25, 0.3) is 0 Å². The molecule has 0 saturated carbocycles. The lowest BCUT2D eigenvalue weighted by Crippen LogP contribution is -1.99. The highest BCUT2D eigenvalue weighted by Crippen LogP contribution is 2.24. The second kappa shape index (κ2) is 5.93. The van der Waals surface area contributed by atoms with Crippen molar-refractivity contribution in [3.8, 4) is 5.75 Å². The van der Waals surface area contributed by atoms with Crippen molar-refractivity contribution in [1.82, 2.24) is 4.98 Å². The number of rotatable bonds is 5. The Balaban J connectivity index is 2.28. The number of aldehydes is 1. The van der Waals surface area contributed by atoms with Crippen molar-refractivity contribution in [2.45, 2.75) is 6.92 Å². The van der Waals surface area contributed by atoms with Crippen LogP contribution in [0.5, 0.6) is 5.75 Å². The van der Waals surface area contributed by atoms with Crippen LogP contribution in [0.25, 0.3) is 5.76 Å². The Kier molecular flexibility index (Phi) is 4.05. The van der Waals surface area contributed by atoms with Gasteiger partial charge in [0.2, 0.25) is 0 Å². The van der Waals surface area contributed by atoms with Crippen molar-refractivity contribution < 1.29 is 14.3 Å². The number of hydrogen-bond acceptors (Lipinski definition) is 4. The van der Waals surface area contributed by atoms with Gasteiger partial charge >= 0.3 is 0 Å². The monoisotopic (exact) mass is 267 g/mol. The molecule has 1 heterocycles. The number of benzene rings is 1. The van der Waals surface area contributed by atoms with E-state index in [1.807, 2.05) is 0 Å². The minimum atomic E-state index is -0.106. The largest absolute Gasteiger partial charge is 0.457 e. The van der Waals surface area contributed by atoms with Crippen LogP contribution in [0, 0.1) is 0 Å². The zero-order chi connectivity index (χ0) is 14.5. The zero-order valence-electron chi connectivity index (χ0n) is 11.0. The predicted octanol–water partition coefficient (Wildman–Crippen LogP) is 3.15. The van der Waals surface area contributed by atoms with E-state index in [4.69, 9.17) is 4.74 Å². The minimum absolute atomic E-state index is 0.106. The summed E-state index contributed by atoms with van der Waals surface area (Å²) < 4.78 is 5.58. The van der Waals surface area contributed by atoms with Crippen molar-refractivity contribution in [2.75, 3.05) is 0 Å². The van der Waals surface area contributed by atoms with E-state index in [2.05, 4.69) is 11.6 Å². The van der Waals surface area contributed by atoms with Crippen LogP contribution in [0.15, 0.2) is 49.3 Å². The van der Waals surface area contributed by atoms with Crippen LogP contribution in [-0.4, -0.2) is 17.1 Å². The number of pyridine rings is 1. The molecule has 0 aliphatic heterocycles. The van der Waals surface area contributed by atoms with Gasteiger partial charge in [0.05, 0.1) is 5.56 Å². The quantitative estimate of drug-likeness (QED) is 0.474. The average molecular weight is 267 g/mol. The van der Waals surface area contributed by atoms with Gasteiger partial charge in [-0.3, -0.25) is 14.6 Å². The molecule has 0 radical (unpaired) electrons. The maximum atomic E-state index is 11.3. The van der Waals surface area contributed by atoms with Crippen molar-refractivity contribution in [1.29, 1.82) is 0 Å². The third kappa shape index (κ3) is 2.98. The zero-order valence-corrected chi connectivity index (χ0v) is 11.0. The summed E-state index contributed by atoms with van der Waals surface area (Å²) in [6.07, 6.45) is 3.92. The van der Waals surface area contributed by atoms with Crippen LogP contribution in [0.1, 0.15) is 33.2 Å². The number of ether oxygens (including phenoxy) is 1. The van der Waals surface area contributed by atoms with Gasteiger partial charge in [0.15, 0.2) is 12.1 Å². The fourth-order valence-corrected chi connectivity index (χ4v) is 1.67. The van der Waals surface area contributed by atoms with E-state index in [-0.39, 0.29) is 5.78 Å². The number of nitrogens with zero attached hydrogens (tertiary/aromatic N) is 1. The lowest BCUT2D eigenvalue weighted by Gasteiger charge is -2.11. The molecule has 0 atom stereocenters. The van der Waals surface area contributed by atoms with Gasteiger partial charge in [0.1, 0.15) is 11.5 Å². The second-order valence-electron chi connectivity index (χ2n) is 4.19. The van der Waals surface area contributed by atoms with Crippen LogP contribution >= 0.6 is 0 Å². The highest BCUT2D eigenvalue weighted by Gasteiger charge is 2.09. The number of aromatic nitrogens is 1. The first kappa shape index (κ1) is 13.7. The summed E-state index contributed by atoms with van der Waals surface area (Å²) in [5.74, 6) is 0.640. The summed E-state index contributed by atoms with van der Waals surface area (Å²) in [7, 11) is 0. The number of Topliss-reactive ketones (excluding diaryl/α,β-unsaturated/α-hetero) is 1. The molecule has 100 valence electrons. The van der Waals surface area contributed by atoms with Crippen LogP contribution in [0.2, 0.25) is 0 Å². The number of ketones is 1. The van der Waals surface area contributed by atoms with Crippen molar-refractivity contribution in [2.24, 2.45) is 0 Å². The molecule has 0 amide bonds. The molecule has 2 aromatic rings. The van der Waals surface area contributed by atoms with Crippen molar-refractivity contribution in [3.05, 3.63) is 66.0 Å². The molecule has 0 unspecified atom stereocenters. The van der Waals surface area contributed by atoms with E-state index >= 15 is 0 Å². The van der Waals surface area contributed by atoms with Gasteiger partial charge in [0, 0.05) is 23.5 Å². The Morgan fingerprint density at radius 3 is 2.70 bits per heavy atom. The Hall–Kier alpha value is -2.75. The van der Waals surface area contributed by atoms with E-state index in [1.165, 1.54) is 13.0 Å². The van der Waals surface area contributed by atoms with Gasteiger partial charge in [-0.2, -0.15) is 0 Å². The fourth-order valence-electron chi connectivity index (χ4n) is 1.67. The SMILES string of the molecule is C=C(Oc1ccc(C(C)=O)cc1C=O)c1cccnc1. The molecule has 4 heteroatoms. The van der Waals surface area contributed by atoms with Gasteiger partial charge in [-0.15, -0.1) is 0 Å². The molecule has 1 aromatic carbocycles. The predicted molar refractivity (Wildman–Crippen MR) is 75.7 cm³/mol. The third-order valence-corrected chi connectivity index (χ3v) is 2.76. The van der Waals surface area contributed by atoms with Gasteiger partial charge in [-0.05, 0) is 37.3 Å². The van der Waals surface area contributed by atoms with E-state index in [0.717, 1.165) is 5.56 Å². The summed E-state index contributed by atoms with van der Waals surface area (Å²) in [4.78, 5) is 26.3. The number of carbonyl (C=O) groups is 2. The molecule has 2 rings (SSSR count). The van der Waals surface area contributed by atoms with Crippen LogP contribution in [0.3, 0.4) is 0 Å². The molecule has 0 N–H and O–H groups in total. The molecule has 20 heavy (non-hydrogen) atoms. The summed E-state index contributed by atoms with van der Waals surface area (Å²) in [5.41, 5.74) is 1.49. The molecule has 0 saturated heterocycles. The van der Waals surface area contributed by atoms with Crippen molar-refractivity contribution >= 4 is 17.8 Å². The molecule has 1 aromatic heterocycles. The Labute approximate surface area is 116 Å². The highest BCUT2D eigenvalue weighted by molar-refractivity contribution is 5.96. The third-order valence-electron chi connectivity index (χ3n) is 2.76. The molecule has 0 fully saturated rings. The standard InChI is InChI=1S/C16H13NO3/c1-11(19)13-5-6-16(15(8-13)10-18)20-12(2)14-4-3-7-17-9-14/h3-10H,2H2,1H3. The summed E-state index contributed by atoms with van der Waals surface area (Å²) >= 11 is 0. The van der Waals surface area contributed by atoms with Gasteiger partial charge in [-0.25, -0.2) is 0 Å². The van der Waals surface area contributed by atoms with Crippen LogP contribution < -0.4 is 4.74 Å². The van der Waals surface area contributed by atoms with Gasteiger partial charge < -0.3 is 4.74 Å². The molecular weight excluding hydrogens is 254 g/mol. The normalized spacial score (nSPS) is 9.85.